The Morgan fingerprint density at radius 2 is 2.11 bits per heavy atom. The molecule has 0 radical (unpaired) electrons. The molecular formula is C26H29FN4O4. The lowest BCUT2D eigenvalue weighted by molar-refractivity contribution is -0.0146. The molecule has 0 saturated carbocycles. The van der Waals surface area contributed by atoms with Gasteiger partial charge >= 0.3 is 0 Å². The lowest BCUT2D eigenvalue weighted by atomic mass is 10.0. The molecule has 3 aromatic rings. The van der Waals surface area contributed by atoms with Crippen molar-refractivity contribution in [2.24, 2.45) is 0 Å². The van der Waals surface area contributed by atoms with Gasteiger partial charge in [0.25, 0.3) is 5.91 Å². The van der Waals surface area contributed by atoms with Crippen LogP contribution in [-0.2, 0) is 11.2 Å². The molecule has 184 valence electrons. The van der Waals surface area contributed by atoms with Gasteiger partial charge in [-0.05, 0) is 32.0 Å². The molecule has 0 atom stereocenters. The Morgan fingerprint density at radius 3 is 2.89 bits per heavy atom. The highest BCUT2D eigenvalue weighted by Gasteiger charge is 2.29. The summed E-state index contributed by atoms with van der Waals surface area (Å²) in [6, 6.07) is 6.38. The van der Waals surface area contributed by atoms with E-state index in [1.807, 2.05) is 13.8 Å². The van der Waals surface area contributed by atoms with E-state index in [0.717, 1.165) is 5.69 Å². The monoisotopic (exact) mass is 480 g/mol. The zero-order valence-corrected chi connectivity index (χ0v) is 20.0. The number of aromatic amines is 1. The van der Waals surface area contributed by atoms with Crippen LogP contribution in [0.1, 0.15) is 29.9 Å². The standard InChI is InChI=1S/C26H29FN4O4/c1-5-13-34-24-17(27)7-6-8-19(24)31-23-21-18(10-12-29-25(21)32)30-22(23)16-9-11-28-14-20(16)35-15-26(2,3)33-4/h5-9,11,14,30-31H,1,10,12-13,15H2,2-4H3,(H,29,32). The number of anilines is 2. The molecule has 0 unspecified atom stereocenters. The van der Waals surface area contributed by atoms with Gasteiger partial charge in [0, 0.05) is 37.5 Å². The van der Waals surface area contributed by atoms with Crippen molar-refractivity contribution >= 4 is 17.3 Å². The zero-order chi connectivity index (χ0) is 25.0. The largest absolute Gasteiger partial charge is 0.488 e. The Hall–Kier alpha value is -3.85. The van der Waals surface area contributed by atoms with Gasteiger partial charge in [-0.25, -0.2) is 4.39 Å². The number of pyridine rings is 1. The van der Waals surface area contributed by atoms with Crippen molar-refractivity contribution in [3.63, 3.8) is 0 Å². The van der Waals surface area contributed by atoms with E-state index in [4.69, 9.17) is 14.2 Å². The smallest absolute Gasteiger partial charge is 0.255 e. The summed E-state index contributed by atoms with van der Waals surface area (Å²) in [7, 11) is 1.62. The summed E-state index contributed by atoms with van der Waals surface area (Å²) in [5, 5.41) is 6.13. The van der Waals surface area contributed by atoms with E-state index in [0.29, 0.717) is 46.9 Å². The fraction of sp³-hybridized carbons (Fsp3) is 0.308. The molecule has 1 aliphatic heterocycles. The second-order valence-electron chi connectivity index (χ2n) is 8.70. The predicted octanol–water partition coefficient (Wildman–Crippen LogP) is 4.61. The molecule has 35 heavy (non-hydrogen) atoms. The molecule has 0 spiro atoms. The van der Waals surface area contributed by atoms with E-state index in [-0.39, 0.29) is 24.9 Å². The maximum Gasteiger partial charge on any atom is 0.255 e. The fourth-order valence-corrected chi connectivity index (χ4v) is 3.75. The van der Waals surface area contributed by atoms with Crippen LogP contribution < -0.4 is 20.1 Å². The molecule has 4 rings (SSSR count). The molecule has 0 aliphatic carbocycles. The number of H-pyrrole nitrogens is 1. The van der Waals surface area contributed by atoms with E-state index in [9.17, 15) is 9.18 Å². The van der Waals surface area contributed by atoms with Crippen molar-refractivity contribution in [1.82, 2.24) is 15.3 Å². The molecule has 3 N–H and O–H groups in total. The van der Waals surface area contributed by atoms with Crippen LogP contribution in [0.25, 0.3) is 11.3 Å². The van der Waals surface area contributed by atoms with Crippen molar-refractivity contribution in [2.75, 3.05) is 32.2 Å². The van der Waals surface area contributed by atoms with Crippen LogP contribution in [0.4, 0.5) is 15.8 Å². The lowest BCUT2D eigenvalue weighted by Gasteiger charge is -2.23. The Bertz CT molecular complexity index is 1240. The maximum atomic E-state index is 14.6. The first kappa shape index (κ1) is 24.3. The number of hydrogen-bond donors (Lipinski definition) is 3. The first-order valence-corrected chi connectivity index (χ1v) is 11.3. The molecular weight excluding hydrogens is 451 g/mol. The van der Waals surface area contributed by atoms with Gasteiger partial charge in [-0.2, -0.15) is 0 Å². The molecule has 8 nitrogen and oxygen atoms in total. The van der Waals surface area contributed by atoms with E-state index in [1.165, 1.54) is 12.1 Å². The van der Waals surface area contributed by atoms with E-state index in [2.05, 4.69) is 27.2 Å². The topological polar surface area (TPSA) is 97.5 Å². The minimum absolute atomic E-state index is 0.0394. The van der Waals surface area contributed by atoms with Crippen LogP contribution in [-0.4, -0.2) is 48.3 Å². The van der Waals surface area contributed by atoms with Crippen molar-refractivity contribution in [3.8, 4) is 22.8 Å². The van der Waals surface area contributed by atoms with Crippen LogP contribution in [0, 0.1) is 5.82 Å². The first-order chi connectivity index (χ1) is 16.8. The van der Waals surface area contributed by atoms with Gasteiger partial charge in [-0.15, -0.1) is 0 Å². The summed E-state index contributed by atoms with van der Waals surface area (Å²) in [5.41, 5.74) is 2.92. The van der Waals surface area contributed by atoms with E-state index < -0.39 is 11.4 Å². The minimum Gasteiger partial charge on any atom is -0.488 e. The summed E-state index contributed by atoms with van der Waals surface area (Å²) in [5.74, 6) is -0.195. The number of amides is 1. The number of ether oxygens (including phenoxy) is 3. The fourth-order valence-electron chi connectivity index (χ4n) is 3.75. The summed E-state index contributed by atoms with van der Waals surface area (Å²) in [6.45, 7) is 8.40. The summed E-state index contributed by atoms with van der Waals surface area (Å²) >= 11 is 0. The minimum atomic E-state index is -0.526. The summed E-state index contributed by atoms with van der Waals surface area (Å²) in [4.78, 5) is 20.5. The molecule has 0 bridgehead atoms. The van der Waals surface area contributed by atoms with Crippen molar-refractivity contribution < 1.29 is 23.4 Å². The van der Waals surface area contributed by atoms with Gasteiger partial charge in [-0.1, -0.05) is 18.7 Å². The average Bonchev–Trinajstić information content (AvgIpc) is 3.22. The Morgan fingerprint density at radius 1 is 1.29 bits per heavy atom. The number of nitrogens with zero attached hydrogens (tertiary/aromatic N) is 1. The SMILES string of the molecule is C=CCOc1c(F)cccc1Nc1c(-c2ccncc2OCC(C)(C)OC)[nH]c2c1C(=O)NCC2. The van der Waals surface area contributed by atoms with Crippen LogP contribution >= 0.6 is 0 Å². The number of aromatic nitrogens is 2. The van der Waals surface area contributed by atoms with E-state index >= 15 is 0 Å². The highest BCUT2D eigenvalue weighted by molar-refractivity contribution is 6.06. The predicted molar refractivity (Wildman–Crippen MR) is 132 cm³/mol. The number of halogens is 1. The van der Waals surface area contributed by atoms with Gasteiger partial charge in [0.1, 0.15) is 19.0 Å². The van der Waals surface area contributed by atoms with Gasteiger partial charge in [0.15, 0.2) is 11.6 Å². The second-order valence-corrected chi connectivity index (χ2v) is 8.70. The first-order valence-electron chi connectivity index (χ1n) is 11.3. The normalized spacial score (nSPS) is 13.1. The van der Waals surface area contributed by atoms with Gasteiger partial charge in [0.2, 0.25) is 0 Å². The molecule has 1 aromatic carbocycles. The number of para-hydroxylation sites is 1. The van der Waals surface area contributed by atoms with Crippen molar-refractivity contribution in [1.29, 1.82) is 0 Å². The zero-order valence-electron chi connectivity index (χ0n) is 20.0. The number of carbonyl (C=O) groups is 1. The number of carbonyl (C=O) groups excluding carboxylic acids is 1. The number of hydrogen-bond acceptors (Lipinski definition) is 6. The summed E-state index contributed by atoms with van der Waals surface area (Å²) in [6.07, 6.45) is 5.42. The van der Waals surface area contributed by atoms with Gasteiger partial charge in [0.05, 0.1) is 34.4 Å². The molecule has 0 saturated heterocycles. The maximum absolute atomic E-state index is 14.6. The Kier molecular flexibility index (Phi) is 7.07. The second kappa shape index (κ2) is 10.2. The number of rotatable bonds is 10. The van der Waals surface area contributed by atoms with E-state index in [1.54, 1.807) is 37.7 Å². The third-order valence-electron chi connectivity index (χ3n) is 5.72. The molecule has 3 heterocycles. The number of benzene rings is 1. The summed E-state index contributed by atoms with van der Waals surface area (Å²) < 4.78 is 31.7. The highest BCUT2D eigenvalue weighted by Crippen LogP contribution is 2.42. The number of nitrogens with one attached hydrogen (secondary N) is 3. The lowest BCUT2D eigenvalue weighted by Crippen LogP contribution is -2.31. The molecule has 0 fully saturated rings. The number of fused-ring (bicyclic) bond motifs is 1. The van der Waals surface area contributed by atoms with Gasteiger partial charge < -0.3 is 29.8 Å². The van der Waals surface area contributed by atoms with Gasteiger partial charge in [-0.3, -0.25) is 9.78 Å². The molecule has 2 aromatic heterocycles. The molecule has 9 heteroatoms. The third-order valence-corrected chi connectivity index (χ3v) is 5.72. The van der Waals surface area contributed by atoms with Crippen LogP contribution in [0.3, 0.4) is 0 Å². The quantitative estimate of drug-likeness (QED) is 0.367. The van der Waals surface area contributed by atoms with Crippen LogP contribution in [0.2, 0.25) is 0 Å². The van der Waals surface area contributed by atoms with Crippen molar-refractivity contribution in [2.45, 2.75) is 25.9 Å². The Balaban J connectivity index is 1.82. The van der Waals surface area contributed by atoms with Crippen LogP contribution in [0.5, 0.6) is 11.5 Å². The highest BCUT2D eigenvalue weighted by atomic mass is 19.1. The van der Waals surface area contributed by atoms with Crippen molar-refractivity contribution in [3.05, 3.63) is 66.4 Å². The Labute approximate surface area is 203 Å². The average molecular weight is 481 g/mol. The third kappa shape index (κ3) is 5.14. The number of methoxy groups -OCH3 is 1. The molecule has 1 aliphatic rings. The molecule has 1 amide bonds. The van der Waals surface area contributed by atoms with Crippen LogP contribution in [0.15, 0.2) is 49.3 Å².